The summed E-state index contributed by atoms with van der Waals surface area (Å²) in [6.45, 7) is 3.34. The molecule has 0 amide bonds. The Bertz CT molecular complexity index is 571. The summed E-state index contributed by atoms with van der Waals surface area (Å²) in [5.74, 6) is 3.24. The highest BCUT2D eigenvalue weighted by atomic mass is 79.9. The molecular weight excluding hydrogens is 324 g/mol. The molecule has 0 saturated heterocycles. The molecule has 1 atom stereocenters. The number of carbonyl (C=O) groups excluding carboxylic acids is 1. The minimum absolute atomic E-state index is 0.113. The summed E-state index contributed by atoms with van der Waals surface area (Å²) in [5, 5.41) is 9.61. The van der Waals surface area contributed by atoms with E-state index in [4.69, 9.17) is 4.74 Å². The van der Waals surface area contributed by atoms with Crippen molar-refractivity contribution in [1.29, 1.82) is 0 Å². The molecule has 0 aliphatic carbocycles. The summed E-state index contributed by atoms with van der Waals surface area (Å²) in [5.41, 5.74) is -1.46. The van der Waals surface area contributed by atoms with Gasteiger partial charge >= 0.3 is 11.9 Å². The molecule has 5 heteroatoms. The van der Waals surface area contributed by atoms with Gasteiger partial charge in [-0.25, -0.2) is 0 Å². The highest BCUT2D eigenvalue weighted by Gasteiger charge is 2.49. The first-order valence-electron chi connectivity index (χ1n) is 6.05. The van der Waals surface area contributed by atoms with Gasteiger partial charge in [0.2, 0.25) is 5.41 Å². The van der Waals surface area contributed by atoms with Crippen LogP contribution in [-0.2, 0) is 19.7 Å². The van der Waals surface area contributed by atoms with Crippen LogP contribution in [0.2, 0.25) is 0 Å². The predicted octanol–water partition coefficient (Wildman–Crippen LogP) is 2.75. The van der Waals surface area contributed by atoms with Crippen LogP contribution in [0.5, 0.6) is 0 Å². The fourth-order valence-corrected chi connectivity index (χ4v) is 2.21. The zero-order valence-corrected chi connectivity index (χ0v) is 12.9. The summed E-state index contributed by atoms with van der Waals surface area (Å²) in [7, 11) is 0. The lowest BCUT2D eigenvalue weighted by Crippen LogP contribution is -2.45. The molecule has 0 aliphatic rings. The number of aliphatic carboxylic acids is 1. The molecule has 0 bridgehead atoms. The Hall–Kier alpha value is -1.80. The largest absolute Gasteiger partial charge is 0.480 e. The molecule has 1 rings (SSSR count). The van der Waals surface area contributed by atoms with E-state index in [0.29, 0.717) is 10.0 Å². The molecular formula is C15H15BrO4. The van der Waals surface area contributed by atoms with E-state index in [1.807, 2.05) is 0 Å². The number of halogens is 1. The van der Waals surface area contributed by atoms with Crippen molar-refractivity contribution in [1.82, 2.24) is 0 Å². The number of hydrogen-bond acceptors (Lipinski definition) is 3. The quantitative estimate of drug-likeness (QED) is 0.509. The molecule has 0 spiro atoms. The van der Waals surface area contributed by atoms with Crippen molar-refractivity contribution in [2.75, 3.05) is 6.61 Å². The van der Waals surface area contributed by atoms with Crippen molar-refractivity contribution in [3.8, 4) is 11.8 Å². The van der Waals surface area contributed by atoms with Crippen molar-refractivity contribution in [2.24, 2.45) is 0 Å². The molecule has 0 aliphatic heterocycles. The fraction of sp³-hybridized carbons (Fsp3) is 0.333. The Morgan fingerprint density at radius 1 is 1.45 bits per heavy atom. The third kappa shape index (κ3) is 3.20. The highest BCUT2D eigenvalue weighted by Crippen LogP contribution is 2.32. The Labute approximate surface area is 126 Å². The van der Waals surface area contributed by atoms with E-state index in [2.05, 4.69) is 27.8 Å². The topological polar surface area (TPSA) is 63.6 Å². The number of carboxylic acid groups (broad SMARTS) is 1. The molecule has 0 aromatic heterocycles. The maximum absolute atomic E-state index is 12.2. The van der Waals surface area contributed by atoms with Gasteiger partial charge in [-0.05, 0) is 31.5 Å². The number of hydrogen-bond donors (Lipinski definition) is 1. The molecule has 1 aromatic carbocycles. The van der Waals surface area contributed by atoms with Crippen LogP contribution in [0, 0.1) is 11.8 Å². The van der Waals surface area contributed by atoms with Gasteiger partial charge in [-0.3, -0.25) is 9.59 Å². The Morgan fingerprint density at radius 2 is 2.15 bits per heavy atom. The average Bonchev–Trinajstić information content (AvgIpc) is 2.39. The van der Waals surface area contributed by atoms with Crippen LogP contribution in [-0.4, -0.2) is 23.7 Å². The Balaban J connectivity index is 3.46. The molecule has 0 saturated carbocycles. The predicted molar refractivity (Wildman–Crippen MR) is 78.2 cm³/mol. The summed E-state index contributed by atoms with van der Waals surface area (Å²) >= 11 is 3.28. The van der Waals surface area contributed by atoms with Crippen molar-refractivity contribution in [3.63, 3.8) is 0 Å². The van der Waals surface area contributed by atoms with Crippen LogP contribution < -0.4 is 0 Å². The van der Waals surface area contributed by atoms with Crippen LogP contribution in [0.3, 0.4) is 0 Å². The molecule has 1 aromatic rings. The second kappa shape index (κ2) is 7.11. The number of rotatable bonds is 5. The van der Waals surface area contributed by atoms with Crippen molar-refractivity contribution < 1.29 is 19.4 Å². The van der Waals surface area contributed by atoms with Gasteiger partial charge in [0.1, 0.15) is 0 Å². The SMILES string of the molecule is CC#CCC(C(=O)O)(C(=O)OCC)c1cccc(Br)c1. The first-order valence-corrected chi connectivity index (χ1v) is 6.84. The van der Waals surface area contributed by atoms with Gasteiger partial charge in [-0.2, -0.15) is 0 Å². The average molecular weight is 339 g/mol. The molecule has 1 N–H and O–H groups in total. The van der Waals surface area contributed by atoms with Crippen LogP contribution in [0.4, 0.5) is 0 Å². The Morgan fingerprint density at radius 3 is 2.65 bits per heavy atom. The first-order chi connectivity index (χ1) is 9.48. The van der Waals surface area contributed by atoms with E-state index in [1.54, 1.807) is 38.1 Å². The van der Waals surface area contributed by atoms with E-state index in [1.165, 1.54) is 0 Å². The van der Waals surface area contributed by atoms with Crippen LogP contribution in [0.1, 0.15) is 25.8 Å². The Kier molecular flexibility index (Phi) is 5.78. The lowest BCUT2D eigenvalue weighted by Gasteiger charge is -2.25. The van der Waals surface area contributed by atoms with Crippen molar-refractivity contribution >= 4 is 27.9 Å². The maximum atomic E-state index is 12.2. The molecule has 0 heterocycles. The minimum atomic E-state index is -1.80. The second-order valence-corrected chi connectivity index (χ2v) is 4.96. The fourth-order valence-electron chi connectivity index (χ4n) is 1.81. The number of ether oxygens (including phenoxy) is 1. The van der Waals surface area contributed by atoms with Gasteiger partial charge < -0.3 is 9.84 Å². The normalized spacial score (nSPS) is 12.8. The van der Waals surface area contributed by atoms with Gasteiger partial charge in [0.05, 0.1) is 6.61 Å². The van der Waals surface area contributed by atoms with Crippen molar-refractivity contribution in [3.05, 3.63) is 34.3 Å². The number of benzene rings is 1. The zero-order valence-electron chi connectivity index (χ0n) is 11.3. The smallest absolute Gasteiger partial charge is 0.329 e. The van der Waals surface area contributed by atoms with E-state index in [0.717, 1.165) is 0 Å². The van der Waals surface area contributed by atoms with E-state index < -0.39 is 17.4 Å². The molecule has 106 valence electrons. The van der Waals surface area contributed by atoms with E-state index in [-0.39, 0.29) is 13.0 Å². The lowest BCUT2D eigenvalue weighted by molar-refractivity contribution is -0.161. The van der Waals surface area contributed by atoms with E-state index in [9.17, 15) is 14.7 Å². The van der Waals surface area contributed by atoms with Crippen LogP contribution >= 0.6 is 15.9 Å². The van der Waals surface area contributed by atoms with Crippen LogP contribution in [0.25, 0.3) is 0 Å². The zero-order chi connectivity index (χ0) is 15.2. The lowest BCUT2D eigenvalue weighted by atomic mass is 9.77. The van der Waals surface area contributed by atoms with Gasteiger partial charge in [-0.1, -0.05) is 28.1 Å². The molecule has 0 radical (unpaired) electrons. The third-order valence-corrected chi connectivity index (χ3v) is 3.33. The first kappa shape index (κ1) is 16.3. The van der Waals surface area contributed by atoms with Gasteiger partial charge in [0.15, 0.2) is 0 Å². The molecule has 20 heavy (non-hydrogen) atoms. The summed E-state index contributed by atoms with van der Waals surface area (Å²) in [4.78, 5) is 24.0. The number of carbonyl (C=O) groups is 2. The summed E-state index contributed by atoms with van der Waals surface area (Å²) in [6, 6.07) is 6.62. The number of esters is 1. The third-order valence-electron chi connectivity index (χ3n) is 2.84. The van der Waals surface area contributed by atoms with Gasteiger partial charge in [0, 0.05) is 10.9 Å². The van der Waals surface area contributed by atoms with Gasteiger partial charge in [0.25, 0.3) is 0 Å². The molecule has 4 nitrogen and oxygen atoms in total. The van der Waals surface area contributed by atoms with Crippen LogP contribution in [0.15, 0.2) is 28.7 Å². The maximum Gasteiger partial charge on any atom is 0.329 e. The minimum Gasteiger partial charge on any atom is -0.480 e. The summed E-state index contributed by atoms with van der Waals surface area (Å²) in [6.07, 6.45) is -0.131. The number of carboxylic acids is 1. The van der Waals surface area contributed by atoms with E-state index >= 15 is 0 Å². The standard InChI is InChI=1S/C15H15BrO4/c1-3-5-9-15(13(17)18,14(19)20-4-2)11-7-6-8-12(16)10-11/h6-8,10H,4,9H2,1-2H3,(H,17,18). The second-order valence-electron chi connectivity index (χ2n) is 4.04. The molecule has 0 fully saturated rings. The monoisotopic (exact) mass is 338 g/mol. The van der Waals surface area contributed by atoms with Gasteiger partial charge in [-0.15, -0.1) is 11.8 Å². The van der Waals surface area contributed by atoms with Crippen molar-refractivity contribution in [2.45, 2.75) is 25.7 Å². The molecule has 1 unspecified atom stereocenters. The highest BCUT2D eigenvalue weighted by molar-refractivity contribution is 9.10. The summed E-state index contributed by atoms with van der Waals surface area (Å²) < 4.78 is 5.65.